The predicted molar refractivity (Wildman–Crippen MR) is 88.3 cm³/mol. The van der Waals surface area contributed by atoms with Crippen molar-refractivity contribution in [1.82, 2.24) is 10.9 Å². The fraction of sp³-hybridized carbons (Fsp3) is 0.250. The first-order valence-corrected chi connectivity index (χ1v) is 8.11. The van der Waals surface area contributed by atoms with E-state index in [0.717, 1.165) is 16.5 Å². The molecule has 0 aliphatic carbocycles. The minimum absolute atomic E-state index is 0.149. The van der Waals surface area contributed by atoms with Gasteiger partial charge in [-0.15, -0.1) is 0 Å². The fourth-order valence-corrected chi connectivity index (χ4v) is 2.41. The lowest BCUT2D eigenvalue weighted by atomic mass is 10.0. The number of hydrazine groups is 1. The van der Waals surface area contributed by atoms with Gasteiger partial charge in [-0.25, -0.2) is 0 Å². The molecule has 0 unspecified atom stereocenters. The van der Waals surface area contributed by atoms with Crippen molar-refractivity contribution < 1.29 is 19.3 Å². The maximum absolute atomic E-state index is 11.8. The van der Waals surface area contributed by atoms with Gasteiger partial charge < -0.3 is 9.73 Å². The van der Waals surface area contributed by atoms with Crippen molar-refractivity contribution >= 4 is 27.7 Å². The Balaban J connectivity index is 1.78. The molecule has 6 nitrogen and oxygen atoms in total. The molecule has 7 heteroatoms. The smallest absolute Gasteiger partial charge is 0.305 e. The standard InChI is InChI=1S/C16H18BrN3O3/c1-2-13(11-5-7-12(17)8-6-11)18-10-15(21)19-20-16(22)14-4-3-9-23-14/h3-9,13,18H,2,10H2,1H3,(H,19,21)(H,20,22)/p+1/t13-/m1/s1. The Morgan fingerprint density at radius 1 is 1.22 bits per heavy atom. The van der Waals surface area contributed by atoms with E-state index in [2.05, 4.69) is 33.7 Å². The van der Waals surface area contributed by atoms with Gasteiger partial charge in [-0.2, -0.15) is 0 Å². The van der Waals surface area contributed by atoms with Gasteiger partial charge in [0, 0.05) is 16.5 Å². The van der Waals surface area contributed by atoms with Gasteiger partial charge in [0.15, 0.2) is 12.3 Å². The molecule has 0 saturated carbocycles. The van der Waals surface area contributed by atoms with E-state index in [9.17, 15) is 9.59 Å². The Hall–Kier alpha value is -2.12. The largest absolute Gasteiger partial charge is 0.459 e. The third-order valence-corrected chi connectivity index (χ3v) is 3.91. The first kappa shape index (κ1) is 17.2. The van der Waals surface area contributed by atoms with Crippen molar-refractivity contribution in [3.8, 4) is 0 Å². The zero-order valence-corrected chi connectivity index (χ0v) is 14.3. The molecule has 1 aromatic carbocycles. The van der Waals surface area contributed by atoms with Crippen LogP contribution in [-0.2, 0) is 4.79 Å². The summed E-state index contributed by atoms with van der Waals surface area (Å²) in [5, 5.41) is 1.94. The summed E-state index contributed by atoms with van der Waals surface area (Å²) < 4.78 is 5.96. The highest BCUT2D eigenvalue weighted by atomic mass is 79.9. The van der Waals surface area contributed by atoms with Crippen LogP contribution in [0.25, 0.3) is 0 Å². The molecule has 1 aromatic heterocycles. The third-order valence-electron chi connectivity index (χ3n) is 3.39. The van der Waals surface area contributed by atoms with Crippen molar-refractivity contribution in [2.24, 2.45) is 0 Å². The second-order valence-corrected chi connectivity index (χ2v) is 5.90. The van der Waals surface area contributed by atoms with E-state index < -0.39 is 5.91 Å². The van der Waals surface area contributed by atoms with Crippen molar-refractivity contribution in [1.29, 1.82) is 0 Å². The minimum atomic E-state index is -0.483. The summed E-state index contributed by atoms with van der Waals surface area (Å²) in [4.78, 5) is 23.5. The first-order valence-electron chi connectivity index (χ1n) is 7.31. The van der Waals surface area contributed by atoms with Crippen LogP contribution in [0.4, 0.5) is 0 Å². The maximum atomic E-state index is 11.8. The van der Waals surface area contributed by atoms with Crippen LogP contribution in [-0.4, -0.2) is 18.4 Å². The number of carbonyl (C=O) groups excluding carboxylic acids is 2. The van der Waals surface area contributed by atoms with Crippen LogP contribution in [0.5, 0.6) is 0 Å². The molecule has 1 atom stereocenters. The molecule has 0 aliphatic heterocycles. The summed E-state index contributed by atoms with van der Waals surface area (Å²) in [6.45, 7) is 2.28. The van der Waals surface area contributed by atoms with E-state index in [1.54, 1.807) is 6.07 Å². The molecule has 0 bridgehead atoms. The Labute approximate surface area is 142 Å². The topological polar surface area (TPSA) is 88.0 Å². The fourth-order valence-electron chi connectivity index (χ4n) is 2.14. The van der Waals surface area contributed by atoms with E-state index >= 15 is 0 Å². The SMILES string of the molecule is CC[C@@H]([NH2+]CC(=O)NNC(=O)c1ccco1)c1ccc(Br)cc1. The van der Waals surface area contributed by atoms with E-state index in [4.69, 9.17) is 4.42 Å². The molecule has 0 aliphatic rings. The van der Waals surface area contributed by atoms with Crippen LogP contribution in [0.3, 0.4) is 0 Å². The predicted octanol–water partition coefficient (Wildman–Crippen LogP) is 1.52. The van der Waals surface area contributed by atoms with Crippen LogP contribution in [0, 0.1) is 0 Å². The third kappa shape index (κ3) is 5.22. The first-order chi connectivity index (χ1) is 11.1. The van der Waals surface area contributed by atoms with Crippen LogP contribution in [0.1, 0.15) is 35.5 Å². The number of benzene rings is 1. The summed E-state index contributed by atoms with van der Waals surface area (Å²) >= 11 is 3.41. The summed E-state index contributed by atoms with van der Waals surface area (Å²) in [5.74, 6) is -0.612. The van der Waals surface area contributed by atoms with Crippen molar-refractivity contribution in [2.45, 2.75) is 19.4 Å². The number of amides is 2. The molecule has 2 aromatic rings. The van der Waals surface area contributed by atoms with Crippen LogP contribution in [0.15, 0.2) is 51.6 Å². The Bertz CT molecular complexity index is 641. The van der Waals surface area contributed by atoms with Gasteiger partial charge in [-0.05, 0) is 24.3 Å². The molecule has 2 rings (SSSR count). The van der Waals surface area contributed by atoms with E-state index in [-0.39, 0.29) is 24.3 Å². The summed E-state index contributed by atoms with van der Waals surface area (Å²) in [7, 11) is 0. The molecule has 4 N–H and O–H groups in total. The quantitative estimate of drug-likeness (QED) is 0.663. The molecule has 0 saturated heterocycles. The number of furan rings is 1. The lowest BCUT2D eigenvalue weighted by molar-refractivity contribution is -0.686. The number of hydrogen-bond donors (Lipinski definition) is 3. The van der Waals surface area contributed by atoms with Crippen molar-refractivity contribution in [2.75, 3.05) is 6.54 Å². The van der Waals surface area contributed by atoms with Gasteiger partial charge in [-0.3, -0.25) is 20.4 Å². The monoisotopic (exact) mass is 380 g/mol. The Morgan fingerprint density at radius 3 is 2.57 bits per heavy atom. The average Bonchev–Trinajstić information content (AvgIpc) is 3.09. The molecular weight excluding hydrogens is 362 g/mol. The zero-order chi connectivity index (χ0) is 16.7. The average molecular weight is 381 g/mol. The molecule has 0 spiro atoms. The molecule has 122 valence electrons. The maximum Gasteiger partial charge on any atom is 0.305 e. The second kappa shape index (κ2) is 8.50. The lowest BCUT2D eigenvalue weighted by Gasteiger charge is -2.14. The Morgan fingerprint density at radius 2 is 1.96 bits per heavy atom. The van der Waals surface area contributed by atoms with Gasteiger partial charge >= 0.3 is 5.91 Å². The van der Waals surface area contributed by atoms with Crippen LogP contribution < -0.4 is 16.2 Å². The van der Waals surface area contributed by atoms with Gasteiger partial charge in [0.1, 0.15) is 6.04 Å². The van der Waals surface area contributed by atoms with Gasteiger partial charge in [0.25, 0.3) is 5.91 Å². The number of rotatable bonds is 6. The van der Waals surface area contributed by atoms with E-state index in [1.165, 1.54) is 12.3 Å². The Kier molecular flexibility index (Phi) is 6.37. The van der Waals surface area contributed by atoms with Crippen LogP contribution >= 0.6 is 15.9 Å². The highest BCUT2D eigenvalue weighted by Crippen LogP contribution is 2.16. The number of carbonyl (C=O) groups is 2. The van der Waals surface area contributed by atoms with E-state index in [1.807, 2.05) is 29.6 Å². The number of quaternary nitrogens is 1. The highest BCUT2D eigenvalue weighted by molar-refractivity contribution is 9.10. The second-order valence-electron chi connectivity index (χ2n) is 4.99. The molecule has 2 amide bonds. The number of nitrogens with two attached hydrogens (primary N) is 1. The van der Waals surface area contributed by atoms with Gasteiger partial charge in [0.05, 0.1) is 6.26 Å². The molecule has 23 heavy (non-hydrogen) atoms. The van der Waals surface area contributed by atoms with Crippen LogP contribution in [0.2, 0.25) is 0 Å². The zero-order valence-electron chi connectivity index (χ0n) is 12.7. The van der Waals surface area contributed by atoms with Crippen molar-refractivity contribution in [3.05, 3.63) is 58.5 Å². The molecule has 0 radical (unpaired) electrons. The number of nitrogens with one attached hydrogen (secondary N) is 2. The van der Waals surface area contributed by atoms with Gasteiger partial charge in [-0.1, -0.05) is 35.0 Å². The summed E-state index contributed by atoms with van der Waals surface area (Å²) in [6.07, 6.45) is 2.29. The minimum Gasteiger partial charge on any atom is -0.459 e. The highest BCUT2D eigenvalue weighted by Gasteiger charge is 2.15. The van der Waals surface area contributed by atoms with E-state index in [0.29, 0.717) is 0 Å². The van der Waals surface area contributed by atoms with Crippen molar-refractivity contribution in [3.63, 3.8) is 0 Å². The van der Waals surface area contributed by atoms with Gasteiger partial charge in [0.2, 0.25) is 0 Å². The molecule has 1 heterocycles. The summed E-state index contributed by atoms with van der Waals surface area (Å²) in [5.41, 5.74) is 5.84. The lowest BCUT2D eigenvalue weighted by Crippen LogP contribution is -2.87. The number of halogens is 1. The molecular formula is C16H19BrN3O3+. The number of hydrogen-bond acceptors (Lipinski definition) is 3. The normalized spacial score (nSPS) is 11.7. The summed E-state index contributed by atoms with van der Waals surface area (Å²) in [6, 6.07) is 11.3. The molecule has 0 fully saturated rings.